The van der Waals surface area contributed by atoms with Gasteiger partial charge < -0.3 is 10.1 Å². The minimum absolute atomic E-state index is 0.000381. The first-order valence-electron chi connectivity index (χ1n) is 8.62. The van der Waals surface area contributed by atoms with Crippen LogP contribution in [0.4, 0.5) is 5.69 Å². The first kappa shape index (κ1) is 18.9. The second kappa shape index (κ2) is 8.18. The fourth-order valence-corrected chi connectivity index (χ4v) is 3.47. The molecule has 3 aromatic rings. The molecule has 2 aromatic carbocycles. The minimum Gasteiger partial charge on any atom is -0.489 e. The van der Waals surface area contributed by atoms with Gasteiger partial charge in [0.05, 0.1) is 4.88 Å². The predicted molar refractivity (Wildman–Crippen MR) is 109 cm³/mol. The quantitative estimate of drug-likeness (QED) is 0.584. The summed E-state index contributed by atoms with van der Waals surface area (Å²) < 4.78 is 5.87. The Kier molecular flexibility index (Phi) is 5.72. The molecule has 0 aliphatic heterocycles. The lowest BCUT2D eigenvalue weighted by atomic mass is 10.1. The van der Waals surface area contributed by atoms with Crippen LogP contribution in [0.2, 0.25) is 0 Å². The van der Waals surface area contributed by atoms with Crippen LogP contribution < -0.4 is 10.1 Å². The maximum Gasteiger partial charge on any atom is 0.265 e. The molecule has 1 aromatic heterocycles. The molecular formula is C22H21NO3S. The second-order valence-corrected chi connectivity index (χ2v) is 7.38. The third-order valence-corrected chi connectivity index (χ3v) is 5.13. The van der Waals surface area contributed by atoms with Crippen molar-refractivity contribution < 1.29 is 14.3 Å². The summed E-state index contributed by atoms with van der Waals surface area (Å²) in [7, 11) is 0. The maximum atomic E-state index is 12.4. The summed E-state index contributed by atoms with van der Waals surface area (Å²) in [5.74, 6) is 0.677. The summed E-state index contributed by atoms with van der Waals surface area (Å²) >= 11 is 1.38. The number of ether oxygens (including phenoxy) is 1. The first-order chi connectivity index (χ1) is 12.9. The molecule has 0 aliphatic carbocycles. The Bertz CT molecular complexity index is 973. The van der Waals surface area contributed by atoms with Gasteiger partial charge in [-0.25, -0.2) is 0 Å². The van der Waals surface area contributed by atoms with Crippen molar-refractivity contribution in [2.24, 2.45) is 0 Å². The number of anilines is 1. The molecule has 0 aliphatic rings. The van der Waals surface area contributed by atoms with E-state index in [4.69, 9.17) is 4.74 Å². The molecule has 0 fully saturated rings. The van der Waals surface area contributed by atoms with Gasteiger partial charge >= 0.3 is 0 Å². The van der Waals surface area contributed by atoms with Gasteiger partial charge in [-0.05, 0) is 68.1 Å². The van der Waals surface area contributed by atoms with E-state index < -0.39 is 0 Å². The molecule has 0 radical (unpaired) electrons. The van der Waals surface area contributed by atoms with E-state index in [1.807, 2.05) is 37.4 Å². The lowest BCUT2D eigenvalue weighted by Gasteiger charge is -2.08. The van der Waals surface area contributed by atoms with Crippen LogP contribution in [-0.2, 0) is 6.61 Å². The zero-order chi connectivity index (χ0) is 19.4. The topological polar surface area (TPSA) is 55.4 Å². The number of aryl methyl sites for hydroxylation is 2. The van der Waals surface area contributed by atoms with E-state index >= 15 is 0 Å². The van der Waals surface area contributed by atoms with Crippen LogP contribution in [0.1, 0.15) is 43.6 Å². The molecule has 1 N–H and O–H groups in total. The molecule has 0 bridgehead atoms. The van der Waals surface area contributed by atoms with E-state index in [1.165, 1.54) is 23.8 Å². The Labute approximate surface area is 162 Å². The summed E-state index contributed by atoms with van der Waals surface area (Å²) in [4.78, 5) is 24.3. The zero-order valence-corrected chi connectivity index (χ0v) is 16.4. The molecule has 5 heteroatoms. The van der Waals surface area contributed by atoms with E-state index in [9.17, 15) is 9.59 Å². The van der Waals surface area contributed by atoms with Gasteiger partial charge in [0, 0.05) is 16.8 Å². The number of Topliss-reactive ketones (excluding diaryl/α,β-unsaturated/α-hetero) is 1. The van der Waals surface area contributed by atoms with Crippen LogP contribution in [0.15, 0.2) is 53.9 Å². The number of carbonyl (C=O) groups excluding carboxylic acids is 2. The van der Waals surface area contributed by atoms with Crippen LogP contribution in [-0.4, -0.2) is 11.7 Å². The standard InChI is InChI=1S/C22H21NO3S/c1-14-4-9-20(15(2)10-14)26-12-17-11-21(27-13-17)22(25)23-19-7-5-18(6-8-19)16(3)24/h4-11,13H,12H2,1-3H3,(H,23,25). The number of amides is 1. The SMILES string of the molecule is CC(=O)c1ccc(NC(=O)c2cc(COc3ccc(C)cc3C)cs2)cc1. The first-order valence-corrected chi connectivity index (χ1v) is 9.50. The highest BCUT2D eigenvalue weighted by Crippen LogP contribution is 2.22. The van der Waals surface area contributed by atoms with Gasteiger partial charge in [0.25, 0.3) is 5.91 Å². The third-order valence-electron chi connectivity index (χ3n) is 4.15. The van der Waals surface area contributed by atoms with Crippen molar-refractivity contribution in [3.63, 3.8) is 0 Å². The Hall–Kier alpha value is -2.92. The lowest BCUT2D eigenvalue weighted by Crippen LogP contribution is -2.10. The Morgan fingerprint density at radius 2 is 1.78 bits per heavy atom. The summed E-state index contributed by atoms with van der Waals surface area (Å²) in [5.41, 5.74) is 4.53. The van der Waals surface area contributed by atoms with Gasteiger partial charge in [-0.2, -0.15) is 0 Å². The predicted octanol–water partition coefficient (Wildman–Crippen LogP) is 5.40. The monoisotopic (exact) mass is 379 g/mol. The number of hydrogen-bond acceptors (Lipinski definition) is 4. The average Bonchev–Trinajstić information content (AvgIpc) is 3.10. The van der Waals surface area contributed by atoms with E-state index in [1.54, 1.807) is 24.3 Å². The number of ketones is 1. The number of rotatable bonds is 6. The molecule has 0 spiro atoms. The van der Waals surface area contributed by atoms with Crippen LogP contribution in [0, 0.1) is 13.8 Å². The maximum absolute atomic E-state index is 12.4. The summed E-state index contributed by atoms with van der Waals surface area (Å²) in [6, 6.07) is 14.8. The van der Waals surface area contributed by atoms with Crippen molar-refractivity contribution in [2.75, 3.05) is 5.32 Å². The second-order valence-electron chi connectivity index (χ2n) is 6.46. The van der Waals surface area contributed by atoms with Gasteiger partial charge in [0.15, 0.2) is 5.78 Å². The van der Waals surface area contributed by atoms with E-state index in [2.05, 4.69) is 11.4 Å². The molecule has 0 saturated carbocycles. The fraction of sp³-hybridized carbons (Fsp3) is 0.182. The van der Waals surface area contributed by atoms with Crippen molar-refractivity contribution in [3.8, 4) is 5.75 Å². The normalized spacial score (nSPS) is 10.5. The van der Waals surface area contributed by atoms with Crippen LogP contribution in [0.25, 0.3) is 0 Å². The van der Waals surface area contributed by atoms with Crippen molar-refractivity contribution in [2.45, 2.75) is 27.4 Å². The van der Waals surface area contributed by atoms with Crippen molar-refractivity contribution in [3.05, 3.63) is 81.0 Å². The Morgan fingerprint density at radius 1 is 1.04 bits per heavy atom. The Balaban J connectivity index is 1.61. The van der Waals surface area contributed by atoms with Crippen LogP contribution in [0.3, 0.4) is 0 Å². The molecule has 3 rings (SSSR count). The fourth-order valence-electron chi connectivity index (χ4n) is 2.67. The number of thiophene rings is 1. The number of carbonyl (C=O) groups is 2. The molecule has 4 nitrogen and oxygen atoms in total. The number of nitrogens with one attached hydrogen (secondary N) is 1. The molecule has 1 amide bonds. The minimum atomic E-state index is -0.173. The molecule has 0 atom stereocenters. The lowest BCUT2D eigenvalue weighted by molar-refractivity contribution is 0.101. The van der Waals surface area contributed by atoms with E-state index in [0.717, 1.165) is 16.9 Å². The Morgan fingerprint density at radius 3 is 2.44 bits per heavy atom. The summed E-state index contributed by atoms with van der Waals surface area (Å²) in [6.07, 6.45) is 0. The number of hydrogen-bond donors (Lipinski definition) is 1. The molecule has 138 valence electrons. The highest BCUT2D eigenvalue weighted by Gasteiger charge is 2.11. The van der Waals surface area contributed by atoms with Gasteiger partial charge in [0.2, 0.25) is 0 Å². The third kappa shape index (κ3) is 4.83. The summed E-state index contributed by atoms with van der Waals surface area (Å²) in [5, 5.41) is 4.77. The highest BCUT2D eigenvalue weighted by molar-refractivity contribution is 7.12. The molecule has 27 heavy (non-hydrogen) atoms. The van der Waals surface area contributed by atoms with Crippen molar-refractivity contribution in [1.82, 2.24) is 0 Å². The zero-order valence-electron chi connectivity index (χ0n) is 15.5. The molecule has 0 unspecified atom stereocenters. The highest BCUT2D eigenvalue weighted by atomic mass is 32.1. The largest absolute Gasteiger partial charge is 0.489 e. The van der Waals surface area contributed by atoms with Gasteiger partial charge in [-0.3, -0.25) is 9.59 Å². The van der Waals surface area contributed by atoms with Crippen LogP contribution in [0.5, 0.6) is 5.75 Å². The van der Waals surface area contributed by atoms with Gasteiger partial charge in [-0.15, -0.1) is 11.3 Å². The van der Waals surface area contributed by atoms with Crippen molar-refractivity contribution >= 4 is 28.7 Å². The summed E-state index contributed by atoms with van der Waals surface area (Å²) in [6.45, 7) is 6.00. The van der Waals surface area contributed by atoms with E-state index in [0.29, 0.717) is 22.7 Å². The molecule has 1 heterocycles. The molecule has 0 saturated heterocycles. The molecular weight excluding hydrogens is 358 g/mol. The number of benzene rings is 2. The van der Waals surface area contributed by atoms with Crippen molar-refractivity contribution in [1.29, 1.82) is 0 Å². The van der Waals surface area contributed by atoms with E-state index in [-0.39, 0.29) is 11.7 Å². The van der Waals surface area contributed by atoms with Gasteiger partial charge in [-0.1, -0.05) is 17.7 Å². The average molecular weight is 379 g/mol. The smallest absolute Gasteiger partial charge is 0.265 e. The van der Waals surface area contributed by atoms with Crippen LogP contribution >= 0.6 is 11.3 Å². The van der Waals surface area contributed by atoms with Gasteiger partial charge in [0.1, 0.15) is 12.4 Å².